The summed E-state index contributed by atoms with van der Waals surface area (Å²) in [4.78, 5) is 19.9. The SMILES string of the molecule is Cc1sc(-c2ccco2)nc1C(=O)N(C)C1CCNCC1.Cl.Cl. The summed E-state index contributed by atoms with van der Waals surface area (Å²) in [5.74, 6) is 0.722. The molecule has 0 spiro atoms. The van der Waals surface area contributed by atoms with Crippen LogP contribution in [-0.2, 0) is 0 Å². The molecule has 3 rings (SSSR count). The van der Waals surface area contributed by atoms with Gasteiger partial charge in [0.2, 0.25) is 0 Å². The van der Waals surface area contributed by atoms with E-state index in [1.807, 2.05) is 31.0 Å². The second kappa shape index (κ2) is 8.68. The smallest absolute Gasteiger partial charge is 0.273 e. The molecule has 0 aromatic carbocycles. The van der Waals surface area contributed by atoms with E-state index in [0.29, 0.717) is 17.5 Å². The Bertz CT molecular complexity index is 625. The predicted molar refractivity (Wildman–Crippen MR) is 97.0 cm³/mol. The van der Waals surface area contributed by atoms with E-state index in [4.69, 9.17) is 4.42 Å². The second-order valence-electron chi connectivity index (χ2n) is 5.30. The number of carbonyl (C=O) groups is 1. The van der Waals surface area contributed by atoms with Crippen molar-refractivity contribution in [3.8, 4) is 10.8 Å². The number of aromatic nitrogens is 1. The van der Waals surface area contributed by atoms with Crippen LogP contribution in [0.4, 0.5) is 0 Å². The van der Waals surface area contributed by atoms with Crippen molar-refractivity contribution in [1.82, 2.24) is 15.2 Å². The zero-order valence-electron chi connectivity index (χ0n) is 13.1. The number of hydrogen-bond acceptors (Lipinski definition) is 5. The van der Waals surface area contributed by atoms with Crippen molar-refractivity contribution >= 4 is 42.1 Å². The molecule has 1 fully saturated rings. The molecule has 1 amide bonds. The van der Waals surface area contributed by atoms with Gasteiger partial charge in [-0.15, -0.1) is 36.2 Å². The zero-order valence-corrected chi connectivity index (χ0v) is 15.5. The molecule has 0 radical (unpaired) electrons. The van der Waals surface area contributed by atoms with Crippen LogP contribution < -0.4 is 5.32 Å². The quantitative estimate of drug-likeness (QED) is 0.890. The third-order valence-corrected chi connectivity index (χ3v) is 4.89. The summed E-state index contributed by atoms with van der Waals surface area (Å²) >= 11 is 1.50. The fourth-order valence-electron chi connectivity index (χ4n) is 2.63. The van der Waals surface area contributed by atoms with Crippen LogP contribution in [0.25, 0.3) is 10.8 Å². The van der Waals surface area contributed by atoms with E-state index >= 15 is 0 Å². The van der Waals surface area contributed by atoms with Crippen LogP contribution in [0.1, 0.15) is 28.2 Å². The maximum absolute atomic E-state index is 12.7. The summed E-state index contributed by atoms with van der Waals surface area (Å²) in [6, 6.07) is 3.99. The maximum atomic E-state index is 12.7. The van der Waals surface area contributed by atoms with Crippen molar-refractivity contribution in [3.63, 3.8) is 0 Å². The normalized spacial score (nSPS) is 14.7. The average molecular weight is 378 g/mol. The fourth-order valence-corrected chi connectivity index (χ4v) is 3.50. The maximum Gasteiger partial charge on any atom is 0.273 e. The number of halogens is 2. The number of amides is 1. The van der Waals surface area contributed by atoms with Crippen LogP contribution >= 0.6 is 36.2 Å². The first-order valence-electron chi connectivity index (χ1n) is 7.16. The molecule has 0 bridgehead atoms. The highest BCUT2D eigenvalue weighted by Gasteiger charge is 2.26. The molecular formula is C15H21Cl2N3O2S. The van der Waals surface area contributed by atoms with Gasteiger partial charge in [0.05, 0.1) is 6.26 Å². The van der Waals surface area contributed by atoms with E-state index in [-0.39, 0.29) is 30.7 Å². The van der Waals surface area contributed by atoms with Gasteiger partial charge in [-0.1, -0.05) is 0 Å². The first-order valence-corrected chi connectivity index (χ1v) is 7.97. The van der Waals surface area contributed by atoms with Crippen molar-refractivity contribution in [2.24, 2.45) is 0 Å². The first-order chi connectivity index (χ1) is 10.2. The van der Waals surface area contributed by atoms with E-state index in [9.17, 15) is 4.79 Å². The number of carbonyl (C=O) groups excluding carboxylic acids is 1. The molecule has 8 heteroatoms. The van der Waals surface area contributed by atoms with Gasteiger partial charge in [-0.25, -0.2) is 4.98 Å². The summed E-state index contributed by atoms with van der Waals surface area (Å²) in [7, 11) is 1.88. The molecule has 1 saturated heterocycles. The van der Waals surface area contributed by atoms with Crippen molar-refractivity contribution in [3.05, 3.63) is 29.0 Å². The van der Waals surface area contributed by atoms with Crippen LogP contribution in [-0.4, -0.2) is 42.0 Å². The van der Waals surface area contributed by atoms with E-state index < -0.39 is 0 Å². The van der Waals surface area contributed by atoms with Gasteiger partial charge in [0.15, 0.2) is 10.8 Å². The van der Waals surface area contributed by atoms with Gasteiger partial charge in [0, 0.05) is 18.0 Å². The summed E-state index contributed by atoms with van der Waals surface area (Å²) in [5, 5.41) is 4.08. The van der Waals surface area contributed by atoms with Crippen LogP contribution in [0.5, 0.6) is 0 Å². The molecule has 5 nitrogen and oxygen atoms in total. The van der Waals surface area contributed by atoms with Crippen molar-refractivity contribution in [2.75, 3.05) is 20.1 Å². The van der Waals surface area contributed by atoms with Gasteiger partial charge < -0.3 is 14.6 Å². The Morgan fingerprint density at radius 3 is 2.70 bits per heavy atom. The number of piperidine rings is 1. The summed E-state index contributed by atoms with van der Waals surface area (Å²) < 4.78 is 5.36. The van der Waals surface area contributed by atoms with Crippen LogP contribution in [0.2, 0.25) is 0 Å². The Hall–Kier alpha value is -1.08. The van der Waals surface area contributed by atoms with Gasteiger partial charge in [0.25, 0.3) is 5.91 Å². The Kier molecular flexibility index (Phi) is 7.54. The average Bonchev–Trinajstić information content (AvgIpc) is 3.16. The molecule has 2 aromatic rings. The van der Waals surface area contributed by atoms with Gasteiger partial charge in [-0.2, -0.15) is 0 Å². The van der Waals surface area contributed by atoms with Gasteiger partial charge in [-0.3, -0.25) is 4.79 Å². The van der Waals surface area contributed by atoms with E-state index in [0.717, 1.165) is 35.8 Å². The van der Waals surface area contributed by atoms with Crippen LogP contribution in [0.15, 0.2) is 22.8 Å². The summed E-state index contributed by atoms with van der Waals surface area (Å²) in [6.45, 7) is 3.87. The molecule has 2 aromatic heterocycles. The van der Waals surface area contributed by atoms with Crippen LogP contribution in [0.3, 0.4) is 0 Å². The largest absolute Gasteiger partial charge is 0.462 e. The minimum atomic E-state index is 0. The number of aryl methyl sites for hydroxylation is 1. The number of thiazole rings is 1. The Labute approximate surface area is 152 Å². The van der Waals surface area contributed by atoms with Gasteiger partial charge in [0.1, 0.15) is 5.69 Å². The number of rotatable bonds is 3. The second-order valence-corrected chi connectivity index (χ2v) is 6.50. The van der Waals surface area contributed by atoms with E-state index in [2.05, 4.69) is 10.3 Å². The molecule has 3 heterocycles. The number of hydrogen-bond donors (Lipinski definition) is 1. The lowest BCUT2D eigenvalue weighted by atomic mass is 10.1. The fraction of sp³-hybridized carbons (Fsp3) is 0.467. The lowest BCUT2D eigenvalue weighted by molar-refractivity contribution is 0.0697. The molecule has 1 N–H and O–H groups in total. The molecule has 128 valence electrons. The highest BCUT2D eigenvalue weighted by atomic mass is 35.5. The topological polar surface area (TPSA) is 58.4 Å². The Morgan fingerprint density at radius 1 is 1.39 bits per heavy atom. The molecule has 0 saturated carbocycles. The highest BCUT2D eigenvalue weighted by molar-refractivity contribution is 7.15. The molecule has 23 heavy (non-hydrogen) atoms. The van der Waals surface area contributed by atoms with Crippen LogP contribution in [0, 0.1) is 6.92 Å². The van der Waals surface area contributed by atoms with Gasteiger partial charge in [-0.05, 0) is 45.0 Å². The molecule has 0 atom stereocenters. The standard InChI is InChI=1S/C15H19N3O2S.2ClH/c1-10-13(17-14(21-10)12-4-3-9-20-12)15(19)18(2)11-5-7-16-8-6-11;;/h3-4,9,11,16H,5-8H2,1-2H3;2*1H. The molecule has 0 aliphatic carbocycles. The Morgan fingerprint density at radius 2 is 2.09 bits per heavy atom. The highest BCUT2D eigenvalue weighted by Crippen LogP contribution is 2.29. The zero-order chi connectivity index (χ0) is 14.8. The predicted octanol–water partition coefficient (Wildman–Crippen LogP) is 3.38. The lowest BCUT2D eigenvalue weighted by Gasteiger charge is -2.31. The van der Waals surface area contributed by atoms with Gasteiger partial charge >= 0.3 is 0 Å². The number of nitrogens with one attached hydrogen (secondary N) is 1. The Balaban J connectivity index is 0.00000132. The minimum Gasteiger partial charge on any atom is -0.462 e. The first kappa shape index (κ1) is 20.0. The van der Waals surface area contributed by atoms with Crippen molar-refractivity contribution in [1.29, 1.82) is 0 Å². The summed E-state index contributed by atoms with van der Waals surface area (Å²) in [6.07, 6.45) is 3.61. The summed E-state index contributed by atoms with van der Waals surface area (Å²) in [5.41, 5.74) is 0.549. The van der Waals surface area contributed by atoms with E-state index in [1.165, 1.54) is 11.3 Å². The number of furan rings is 1. The van der Waals surface area contributed by atoms with E-state index in [1.54, 1.807) is 6.26 Å². The molecule has 1 aliphatic rings. The molecule has 0 unspecified atom stereocenters. The third-order valence-electron chi connectivity index (χ3n) is 3.91. The molecular weight excluding hydrogens is 357 g/mol. The third kappa shape index (κ3) is 4.26. The lowest BCUT2D eigenvalue weighted by Crippen LogP contribution is -2.44. The van der Waals surface area contributed by atoms with Crippen molar-refractivity contribution in [2.45, 2.75) is 25.8 Å². The minimum absolute atomic E-state index is 0. The number of nitrogens with zero attached hydrogens (tertiary/aromatic N) is 2. The monoisotopic (exact) mass is 377 g/mol. The molecule has 1 aliphatic heterocycles. The van der Waals surface area contributed by atoms with Crippen molar-refractivity contribution < 1.29 is 9.21 Å².